The van der Waals surface area contributed by atoms with Gasteiger partial charge in [0.2, 0.25) is 0 Å². The van der Waals surface area contributed by atoms with Crippen LogP contribution in [0.4, 0.5) is 4.39 Å². The molecule has 1 aromatic carbocycles. The Bertz CT molecular complexity index is 723. The molecule has 0 aliphatic carbocycles. The molecule has 6 heteroatoms. The molecular weight excluding hydrogens is 297 g/mol. The van der Waals surface area contributed by atoms with Crippen LogP contribution in [0.5, 0.6) is 0 Å². The average molecular weight is 310 g/mol. The molecule has 0 aliphatic rings. The molecule has 0 fully saturated rings. The first kappa shape index (κ1) is 13.5. The first-order chi connectivity index (χ1) is 9.69. The van der Waals surface area contributed by atoms with Crippen molar-refractivity contribution in [2.24, 2.45) is 0 Å². The van der Waals surface area contributed by atoms with Crippen molar-refractivity contribution in [1.29, 1.82) is 0 Å². The molecule has 0 N–H and O–H groups in total. The zero-order chi connectivity index (χ0) is 14.1. The second-order valence-electron chi connectivity index (χ2n) is 4.68. The lowest BCUT2D eigenvalue weighted by atomic mass is 10.2. The number of halogens is 2. The van der Waals surface area contributed by atoms with E-state index in [4.69, 9.17) is 11.6 Å². The van der Waals surface area contributed by atoms with Crippen LogP contribution in [0, 0.1) is 5.82 Å². The van der Waals surface area contributed by atoms with Gasteiger partial charge in [-0.25, -0.2) is 14.4 Å². The number of hydrogen-bond donors (Lipinski definition) is 0. The number of rotatable bonds is 4. The summed E-state index contributed by atoms with van der Waals surface area (Å²) in [5.74, 6) is 1.05. The van der Waals surface area contributed by atoms with Crippen LogP contribution < -0.4 is 0 Å². The number of thiazole rings is 1. The van der Waals surface area contributed by atoms with E-state index >= 15 is 0 Å². The largest absolute Gasteiger partial charge is 0.326 e. The van der Waals surface area contributed by atoms with Gasteiger partial charge in [0, 0.05) is 30.1 Å². The maximum Gasteiger partial charge on any atom is 0.125 e. The Morgan fingerprint density at radius 1 is 1.45 bits per heavy atom. The third-order valence-corrected chi connectivity index (χ3v) is 4.48. The van der Waals surface area contributed by atoms with Crippen LogP contribution in [0.25, 0.3) is 11.0 Å². The van der Waals surface area contributed by atoms with Gasteiger partial charge in [-0.15, -0.1) is 22.9 Å². The topological polar surface area (TPSA) is 30.7 Å². The Labute approximate surface area is 125 Å². The van der Waals surface area contributed by atoms with Gasteiger partial charge in [-0.05, 0) is 12.1 Å². The Hall–Kier alpha value is -1.46. The van der Waals surface area contributed by atoms with Crippen LogP contribution in [-0.2, 0) is 12.4 Å². The van der Waals surface area contributed by atoms with Crippen LogP contribution >= 0.6 is 22.9 Å². The predicted molar refractivity (Wildman–Crippen MR) is 79.8 cm³/mol. The van der Waals surface area contributed by atoms with Gasteiger partial charge in [-0.3, -0.25) is 0 Å². The summed E-state index contributed by atoms with van der Waals surface area (Å²) in [5, 5.41) is 3.05. The first-order valence-electron chi connectivity index (χ1n) is 6.29. The maximum atomic E-state index is 13.3. The summed E-state index contributed by atoms with van der Waals surface area (Å²) in [6.45, 7) is 2.85. The SMILES string of the molecule is CC(Cn1c(CCl)nc2cc(F)ccc21)c1nccs1. The third-order valence-electron chi connectivity index (χ3n) is 3.24. The van der Waals surface area contributed by atoms with Crippen molar-refractivity contribution in [1.82, 2.24) is 14.5 Å². The molecular formula is C14H13ClFN3S. The van der Waals surface area contributed by atoms with Gasteiger partial charge in [0.05, 0.1) is 21.9 Å². The van der Waals surface area contributed by atoms with E-state index in [0.29, 0.717) is 11.4 Å². The summed E-state index contributed by atoms with van der Waals surface area (Å²) in [6.07, 6.45) is 1.81. The van der Waals surface area contributed by atoms with Crippen molar-refractivity contribution in [3.05, 3.63) is 46.4 Å². The average Bonchev–Trinajstić information content (AvgIpc) is 3.06. The third kappa shape index (κ3) is 2.43. The first-order valence-corrected chi connectivity index (χ1v) is 7.70. The second kappa shape index (κ2) is 5.50. The Kier molecular flexibility index (Phi) is 3.72. The highest BCUT2D eigenvalue weighted by Crippen LogP contribution is 2.25. The minimum atomic E-state index is -0.281. The van der Waals surface area contributed by atoms with Gasteiger partial charge in [-0.1, -0.05) is 6.92 Å². The quantitative estimate of drug-likeness (QED) is 0.677. The van der Waals surface area contributed by atoms with Crippen molar-refractivity contribution < 1.29 is 4.39 Å². The van der Waals surface area contributed by atoms with Gasteiger partial charge in [0.25, 0.3) is 0 Å². The summed E-state index contributed by atoms with van der Waals surface area (Å²) in [6, 6.07) is 4.64. The summed E-state index contributed by atoms with van der Waals surface area (Å²) in [4.78, 5) is 8.74. The van der Waals surface area contributed by atoms with Gasteiger partial charge < -0.3 is 4.57 Å². The fraction of sp³-hybridized carbons (Fsp3) is 0.286. The van der Waals surface area contributed by atoms with E-state index in [1.807, 2.05) is 9.95 Å². The highest BCUT2D eigenvalue weighted by Gasteiger charge is 2.15. The number of aromatic nitrogens is 3. The summed E-state index contributed by atoms with van der Waals surface area (Å²) < 4.78 is 15.3. The Morgan fingerprint density at radius 3 is 3.00 bits per heavy atom. The minimum absolute atomic E-state index is 0.263. The fourth-order valence-corrected chi connectivity index (χ4v) is 3.18. The smallest absolute Gasteiger partial charge is 0.125 e. The highest BCUT2D eigenvalue weighted by molar-refractivity contribution is 7.09. The molecule has 0 amide bonds. The van der Waals surface area contributed by atoms with Crippen LogP contribution in [0.15, 0.2) is 29.8 Å². The number of alkyl halides is 1. The second-order valence-corrected chi connectivity index (χ2v) is 5.87. The monoisotopic (exact) mass is 309 g/mol. The molecule has 0 aliphatic heterocycles. The molecule has 104 valence electrons. The molecule has 0 saturated heterocycles. The number of benzene rings is 1. The lowest BCUT2D eigenvalue weighted by molar-refractivity contribution is 0.592. The molecule has 1 unspecified atom stereocenters. The van der Waals surface area contributed by atoms with Crippen molar-refractivity contribution in [3.63, 3.8) is 0 Å². The molecule has 0 radical (unpaired) electrons. The zero-order valence-electron chi connectivity index (χ0n) is 10.9. The summed E-state index contributed by atoms with van der Waals surface area (Å²) >= 11 is 7.60. The molecule has 20 heavy (non-hydrogen) atoms. The molecule has 2 aromatic heterocycles. The molecule has 1 atom stereocenters. The molecule has 3 aromatic rings. The number of nitrogens with zero attached hydrogens (tertiary/aromatic N) is 3. The Balaban J connectivity index is 2.01. The van der Waals surface area contributed by atoms with Gasteiger partial charge >= 0.3 is 0 Å². The van der Waals surface area contributed by atoms with E-state index in [9.17, 15) is 4.39 Å². The van der Waals surface area contributed by atoms with Gasteiger partial charge in [-0.2, -0.15) is 0 Å². The summed E-state index contributed by atoms with van der Waals surface area (Å²) in [5.41, 5.74) is 1.55. The molecule has 3 nitrogen and oxygen atoms in total. The molecule has 3 rings (SSSR count). The standard InChI is InChI=1S/C14H13ClFN3S/c1-9(14-17-4-5-20-14)8-19-12-3-2-10(16)6-11(12)18-13(19)7-15/h2-6,9H,7-8H2,1H3. The van der Waals surface area contributed by atoms with E-state index in [1.54, 1.807) is 23.6 Å². The minimum Gasteiger partial charge on any atom is -0.326 e. The summed E-state index contributed by atoms with van der Waals surface area (Å²) in [7, 11) is 0. The van der Waals surface area contributed by atoms with Crippen LogP contribution in [-0.4, -0.2) is 14.5 Å². The van der Waals surface area contributed by atoms with Crippen molar-refractivity contribution in [2.75, 3.05) is 0 Å². The predicted octanol–water partition coefficient (Wildman–Crippen LogP) is 4.17. The van der Waals surface area contributed by atoms with E-state index in [-0.39, 0.29) is 11.7 Å². The number of imidazole rings is 1. The number of hydrogen-bond acceptors (Lipinski definition) is 3. The van der Waals surface area contributed by atoms with Crippen molar-refractivity contribution in [2.45, 2.75) is 25.3 Å². The molecule has 0 saturated carbocycles. The number of fused-ring (bicyclic) bond motifs is 1. The fourth-order valence-electron chi connectivity index (χ4n) is 2.29. The van der Waals surface area contributed by atoms with Crippen molar-refractivity contribution in [3.8, 4) is 0 Å². The Morgan fingerprint density at radius 2 is 2.30 bits per heavy atom. The lowest BCUT2D eigenvalue weighted by Crippen LogP contribution is -2.08. The maximum absolute atomic E-state index is 13.3. The van der Waals surface area contributed by atoms with E-state index in [0.717, 1.165) is 22.9 Å². The van der Waals surface area contributed by atoms with E-state index in [2.05, 4.69) is 16.9 Å². The van der Waals surface area contributed by atoms with Crippen molar-refractivity contribution >= 4 is 34.0 Å². The normalized spacial score (nSPS) is 12.9. The molecule has 0 spiro atoms. The van der Waals surface area contributed by atoms with Crippen LogP contribution in [0.3, 0.4) is 0 Å². The van der Waals surface area contributed by atoms with E-state index in [1.165, 1.54) is 12.1 Å². The van der Waals surface area contributed by atoms with Crippen LogP contribution in [0.2, 0.25) is 0 Å². The van der Waals surface area contributed by atoms with E-state index < -0.39 is 0 Å². The molecule has 2 heterocycles. The molecule has 0 bridgehead atoms. The van der Waals surface area contributed by atoms with Gasteiger partial charge in [0.15, 0.2) is 0 Å². The highest BCUT2D eigenvalue weighted by atomic mass is 35.5. The van der Waals surface area contributed by atoms with Crippen LogP contribution in [0.1, 0.15) is 23.7 Å². The van der Waals surface area contributed by atoms with Gasteiger partial charge in [0.1, 0.15) is 11.6 Å². The lowest BCUT2D eigenvalue weighted by Gasteiger charge is -2.12. The zero-order valence-corrected chi connectivity index (χ0v) is 12.5.